The normalized spacial score (nSPS) is 13.2. The minimum absolute atomic E-state index is 0.236. The molecule has 9 heavy (non-hydrogen) atoms. The summed E-state index contributed by atoms with van der Waals surface area (Å²) in [5.74, 6) is 0.939. The molecule has 0 N–H and O–H groups in total. The van der Waals surface area contributed by atoms with E-state index in [0.29, 0.717) is 0 Å². The van der Waals surface area contributed by atoms with E-state index in [1.165, 1.54) is 0 Å². The van der Waals surface area contributed by atoms with E-state index in [-0.39, 0.29) is 5.38 Å². The Morgan fingerprint density at radius 3 is 2.67 bits per heavy atom. The molecule has 0 aromatic rings. The van der Waals surface area contributed by atoms with Crippen LogP contribution in [0.25, 0.3) is 0 Å². The van der Waals surface area contributed by atoms with E-state index >= 15 is 0 Å². The zero-order valence-electron chi connectivity index (χ0n) is 5.69. The highest BCUT2D eigenvalue weighted by molar-refractivity contribution is 8.23. The van der Waals surface area contributed by atoms with Crippen molar-refractivity contribution in [3.63, 3.8) is 0 Å². The van der Waals surface area contributed by atoms with Crippen LogP contribution in [0, 0.1) is 0 Å². The molecule has 0 rings (SSSR count). The molecule has 1 atom stereocenters. The van der Waals surface area contributed by atoms with Crippen LogP contribution in [0.15, 0.2) is 0 Å². The highest BCUT2D eigenvalue weighted by Crippen LogP contribution is 2.11. The lowest BCUT2D eigenvalue weighted by Crippen LogP contribution is -1.97. The lowest BCUT2D eigenvalue weighted by Gasteiger charge is -2.00. The second kappa shape index (κ2) is 5.51. The smallest absolute Gasteiger partial charge is 0.0476 e. The Morgan fingerprint density at radius 1 is 1.78 bits per heavy atom. The third-order valence-electron chi connectivity index (χ3n) is 0.763. The standard InChI is InChI=1S/C6H11ClS2/c1-3-6(8)9-4-5(2)7/h5H,3-4H2,1-2H3. The Bertz CT molecular complexity index is 91.1. The fourth-order valence-electron chi connectivity index (χ4n) is 0.310. The Kier molecular flexibility index (Phi) is 5.96. The van der Waals surface area contributed by atoms with Gasteiger partial charge < -0.3 is 0 Å². The maximum absolute atomic E-state index is 5.70. The summed E-state index contributed by atoms with van der Waals surface area (Å²) in [5, 5.41) is 0.236. The summed E-state index contributed by atoms with van der Waals surface area (Å²) in [6, 6.07) is 0. The van der Waals surface area contributed by atoms with E-state index in [9.17, 15) is 0 Å². The van der Waals surface area contributed by atoms with Gasteiger partial charge in [0, 0.05) is 15.3 Å². The summed E-state index contributed by atoms with van der Waals surface area (Å²) in [6.07, 6.45) is 0.976. The van der Waals surface area contributed by atoms with Gasteiger partial charge >= 0.3 is 0 Å². The quantitative estimate of drug-likeness (QED) is 0.486. The Labute approximate surface area is 71.3 Å². The number of hydrogen-bond acceptors (Lipinski definition) is 2. The molecule has 1 unspecified atom stereocenters. The molecular formula is C6H11ClS2. The minimum atomic E-state index is 0.236. The van der Waals surface area contributed by atoms with Gasteiger partial charge in [0.15, 0.2) is 0 Å². The summed E-state index contributed by atoms with van der Waals surface area (Å²) in [7, 11) is 0. The molecule has 0 saturated heterocycles. The fourth-order valence-corrected chi connectivity index (χ4v) is 1.32. The number of hydrogen-bond donors (Lipinski definition) is 0. The first kappa shape index (κ1) is 9.73. The third kappa shape index (κ3) is 6.62. The molecule has 0 fully saturated rings. The highest BCUT2D eigenvalue weighted by Gasteiger charge is 1.98. The number of rotatable bonds is 3. The van der Waals surface area contributed by atoms with Crippen molar-refractivity contribution in [3.8, 4) is 0 Å². The summed E-state index contributed by atoms with van der Waals surface area (Å²) >= 11 is 12.4. The molecule has 0 amide bonds. The van der Waals surface area contributed by atoms with Crippen molar-refractivity contribution >= 4 is 39.8 Å². The average Bonchev–Trinajstić information content (AvgIpc) is 1.83. The molecule has 0 spiro atoms. The summed E-state index contributed by atoms with van der Waals surface area (Å²) in [4.78, 5) is 0. The molecule has 54 valence electrons. The van der Waals surface area contributed by atoms with Gasteiger partial charge in [0.2, 0.25) is 0 Å². The Morgan fingerprint density at radius 2 is 2.33 bits per heavy atom. The number of thiocarbonyl (C=S) groups is 1. The zero-order chi connectivity index (χ0) is 7.28. The van der Waals surface area contributed by atoms with Crippen molar-refractivity contribution in [3.05, 3.63) is 0 Å². The van der Waals surface area contributed by atoms with E-state index in [2.05, 4.69) is 6.92 Å². The van der Waals surface area contributed by atoms with Gasteiger partial charge in [-0.1, -0.05) is 19.1 Å². The molecule has 0 aliphatic heterocycles. The molecule has 0 heterocycles. The Hall–Kier alpha value is 0.730. The van der Waals surface area contributed by atoms with Crippen LogP contribution < -0.4 is 0 Å². The second-order valence-electron chi connectivity index (χ2n) is 1.82. The predicted molar refractivity (Wildman–Crippen MR) is 50.7 cm³/mol. The number of thioether (sulfide) groups is 1. The first-order valence-electron chi connectivity index (χ1n) is 2.96. The largest absolute Gasteiger partial charge is 0.122 e. The molecule has 0 bridgehead atoms. The van der Waals surface area contributed by atoms with Crippen molar-refractivity contribution in [2.45, 2.75) is 25.6 Å². The molecular weight excluding hydrogens is 172 g/mol. The van der Waals surface area contributed by atoms with Gasteiger partial charge in [-0.3, -0.25) is 0 Å². The van der Waals surface area contributed by atoms with Crippen LogP contribution in [0.3, 0.4) is 0 Å². The van der Waals surface area contributed by atoms with E-state index in [1.807, 2.05) is 6.92 Å². The van der Waals surface area contributed by atoms with Gasteiger partial charge in [0.1, 0.15) is 0 Å². The van der Waals surface area contributed by atoms with Crippen LogP contribution in [0.1, 0.15) is 20.3 Å². The summed E-state index contributed by atoms with van der Waals surface area (Å²) in [6.45, 7) is 4.04. The van der Waals surface area contributed by atoms with Gasteiger partial charge in [-0.15, -0.1) is 23.4 Å². The van der Waals surface area contributed by atoms with Crippen molar-refractivity contribution in [2.75, 3.05) is 5.75 Å². The molecule has 0 radical (unpaired) electrons. The topological polar surface area (TPSA) is 0 Å². The summed E-state index contributed by atoms with van der Waals surface area (Å²) < 4.78 is 1.06. The molecule has 0 aliphatic rings. The second-order valence-corrected chi connectivity index (χ2v) is 4.43. The average molecular weight is 183 g/mol. The van der Waals surface area contributed by atoms with Crippen molar-refractivity contribution in [1.29, 1.82) is 0 Å². The van der Waals surface area contributed by atoms with Gasteiger partial charge in [-0.2, -0.15) is 0 Å². The van der Waals surface area contributed by atoms with Crippen LogP contribution in [-0.4, -0.2) is 15.3 Å². The zero-order valence-corrected chi connectivity index (χ0v) is 8.07. The van der Waals surface area contributed by atoms with Crippen molar-refractivity contribution in [1.82, 2.24) is 0 Å². The minimum Gasteiger partial charge on any atom is -0.122 e. The SMILES string of the molecule is CCC(=S)SCC(C)Cl. The van der Waals surface area contributed by atoms with E-state index in [1.54, 1.807) is 11.8 Å². The van der Waals surface area contributed by atoms with Crippen molar-refractivity contribution in [2.24, 2.45) is 0 Å². The molecule has 0 aromatic carbocycles. The molecule has 3 heteroatoms. The Balaban J connectivity index is 3.17. The maximum atomic E-state index is 5.70. The van der Waals surface area contributed by atoms with E-state index in [4.69, 9.17) is 23.8 Å². The monoisotopic (exact) mass is 182 g/mol. The van der Waals surface area contributed by atoms with Crippen LogP contribution in [0.2, 0.25) is 0 Å². The van der Waals surface area contributed by atoms with Crippen LogP contribution in [0.4, 0.5) is 0 Å². The van der Waals surface area contributed by atoms with E-state index < -0.39 is 0 Å². The van der Waals surface area contributed by atoms with Crippen LogP contribution in [0.5, 0.6) is 0 Å². The molecule has 0 saturated carbocycles. The first-order chi connectivity index (χ1) is 4.16. The van der Waals surface area contributed by atoms with E-state index in [0.717, 1.165) is 16.4 Å². The van der Waals surface area contributed by atoms with Gasteiger partial charge in [-0.05, 0) is 13.3 Å². The molecule has 0 nitrogen and oxygen atoms in total. The van der Waals surface area contributed by atoms with Crippen molar-refractivity contribution < 1.29 is 0 Å². The van der Waals surface area contributed by atoms with Gasteiger partial charge in [0.25, 0.3) is 0 Å². The van der Waals surface area contributed by atoms with Gasteiger partial charge in [0.05, 0.1) is 0 Å². The predicted octanol–water partition coefficient (Wildman–Crippen LogP) is 3.08. The lowest BCUT2D eigenvalue weighted by molar-refractivity contribution is 1.12. The highest BCUT2D eigenvalue weighted by atomic mass is 35.5. The van der Waals surface area contributed by atoms with Gasteiger partial charge in [-0.25, -0.2) is 0 Å². The lowest BCUT2D eigenvalue weighted by atomic mass is 10.6. The maximum Gasteiger partial charge on any atom is 0.0476 e. The number of halogens is 1. The number of alkyl halides is 1. The van der Waals surface area contributed by atoms with Crippen LogP contribution >= 0.6 is 35.6 Å². The first-order valence-corrected chi connectivity index (χ1v) is 4.79. The fraction of sp³-hybridized carbons (Fsp3) is 0.833. The van der Waals surface area contributed by atoms with Crippen LogP contribution in [-0.2, 0) is 0 Å². The molecule has 0 aliphatic carbocycles. The third-order valence-corrected chi connectivity index (χ3v) is 3.02. The summed E-state index contributed by atoms with van der Waals surface area (Å²) in [5.41, 5.74) is 0. The molecule has 0 aromatic heterocycles.